The fourth-order valence-electron chi connectivity index (χ4n) is 8.99. The molecule has 3 N–H and O–H groups in total. The lowest BCUT2D eigenvalue weighted by Gasteiger charge is -2.25. The maximum absolute atomic E-state index is 9.53. The second-order valence-electron chi connectivity index (χ2n) is 19.3. The number of aliphatic hydroxyl groups excluding tert-OH is 3. The maximum Gasteiger partial charge on any atom is 0.0701 e. The van der Waals surface area contributed by atoms with Crippen LogP contribution in [-0.2, 0) is 9.47 Å². The average molecular weight is 938 g/mol. The fourth-order valence-corrected chi connectivity index (χ4v) is 8.99. The van der Waals surface area contributed by atoms with E-state index in [-0.39, 0.29) is 19.8 Å². The lowest BCUT2D eigenvalue weighted by Crippen LogP contribution is -2.35. The maximum atomic E-state index is 9.53. The molecule has 0 amide bonds. The summed E-state index contributed by atoms with van der Waals surface area (Å²) in [6, 6.07) is 0. The molecule has 0 aromatic rings. The summed E-state index contributed by atoms with van der Waals surface area (Å²) in [4.78, 5) is 9.73. The Labute approximate surface area is 411 Å². The number of hydrogen-bond donors (Lipinski definition) is 3. The molecule has 0 aliphatic rings. The monoisotopic (exact) mass is 937 g/mol. The molecule has 0 aliphatic heterocycles. The highest BCUT2D eigenvalue weighted by molar-refractivity contribution is 4.82. The molecule has 0 spiro atoms. The predicted octanol–water partition coefficient (Wildman–Crippen LogP) is 12.5. The van der Waals surface area contributed by atoms with Crippen LogP contribution in [0.5, 0.6) is 0 Å². The first-order chi connectivity index (χ1) is 32.6. The minimum Gasteiger partial charge on any atom is -0.395 e. The van der Waals surface area contributed by atoms with Gasteiger partial charge in [-0.15, -0.1) is 0 Å². The summed E-state index contributed by atoms with van der Waals surface area (Å²) < 4.78 is 12.2. The first-order valence-electron chi connectivity index (χ1n) is 28.8. The van der Waals surface area contributed by atoms with Crippen molar-refractivity contribution in [3.05, 3.63) is 24.3 Å². The minimum atomic E-state index is 0.133. The molecule has 394 valence electrons. The molecule has 0 aromatic heterocycles. The normalized spacial score (nSPS) is 12.3. The lowest BCUT2D eigenvalue weighted by atomic mass is 10.1. The van der Waals surface area contributed by atoms with Gasteiger partial charge in [-0.3, -0.25) is 4.90 Å². The molecule has 0 fully saturated rings. The van der Waals surface area contributed by atoms with Crippen LogP contribution in [0.15, 0.2) is 24.3 Å². The van der Waals surface area contributed by atoms with Crippen LogP contribution in [0, 0.1) is 0 Å². The van der Waals surface area contributed by atoms with Crippen molar-refractivity contribution in [3.8, 4) is 0 Å². The molecular formula is C57H116N4O5. The van der Waals surface area contributed by atoms with Crippen LogP contribution < -0.4 is 0 Å². The smallest absolute Gasteiger partial charge is 0.0701 e. The molecule has 0 saturated heterocycles. The van der Waals surface area contributed by atoms with E-state index in [1.807, 2.05) is 0 Å². The average Bonchev–Trinajstić information content (AvgIpc) is 3.31. The highest BCUT2D eigenvalue weighted by atomic mass is 16.5. The van der Waals surface area contributed by atoms with E-state index in [1.54, 1.807) is 0 Å². The van der Waals surface area contributed by atoms with Gasteiger partial charge in [0.2, 0.25) is 0 Å². The molecule has 0 heterocycles. The number of ether oxygens (including phenoxy) is 2. The molecule has 0 radical (unpaired) electrons. The lowest BCUT2D eigenvalue weighted by molar-refractivity contribution is 0.0301. The zero-order valence-corrected chi connectivity index (χ0v) is 44.6. The first kappa shape index (κ1) is 65.1. The van der Waals surface area contributed by atoms with Crippen molar-refractivity contribution in [3.63, 3.8) is 0 Å². The van der Waals surface area contributed by atoms with Crippen molar-refractivity contribution >= 4 is 0 Å². The molecule has 0 saturated carbocycles. The summed E-state index contributed by atoms with van der Waals surface area (Å²) >= 11 is 0. The van der Waals surface area contributed by atoms with Gasteiger partial charge in [-0.2, -0.15) is 0 Å². The van der Waals surface area contributed by atoms with Crippen LogP contribution in [-0.4, -0.2) is 160 Å². The molecule has 9 heteroatoms. The highest BCUT2D eigenvalue weighted by Gasteiger charge is 2.10. The van der Waals surface area contributed by atoms with Crippen LogP contribution in [0.4, 0.5) is 0 Å². The molecule has 0 aliphatic carbocycles. The molecule has 0 rings (SSSR count). The Morgan fingerprint density at radius 1 is 0.258 bits per heavy atom. The molecule has 0 atom stereocenters. The van der Waals surface area contributed by atoms with E-state index in [1.165, 1.54) is 180 Å². The minimum absolute atomic E-state index is 0.133. The van der Waals surface area contributed by atoms with Gasteiger partial charge in [-0.25, -0.2) is 0 Å². The van der Waals surface area contributed by atoms with Gasteiger partial charge in [-0.05, 0) is 129 Å². The summed E-state index contributed by atoms with van der Waals surface area (Å²) in [6.45, 7) is 21.3. The summed E-state index contributed by atoms with van der Waals surface area (Å²) in [5, 5.41) is 28.4. The SMILES string of the molecule is CCCCCCCCC=CCCCCCCCCN(CCCN(CCC)CCO)CCOCCOCCN(CCCCCCCC/C=C\CCCCCCCC)CCCN(CCO)CCO. The summed E-state index contributed by atoms with van der Waals surface area (Å²) in [5.74, 6) is 0. The fraction of sp³-hybridized carbons (Fsp3) is 0.930. The summed E-state index contributed by atoms with van der Waals surface area (Å²) in [7, 11) is 0. The van der Waals surface area contributed by atoms with Crippen LogP contribution in [0.1, 0.15) is 220 Å². The quantitative estimate of drug-likeness (QED) is 0.0407. The third kappa shape index (κ3) is 49.5. The van der Waals surface area contributed by atoms with E-state index in [0.717, 1.165) is 97.9 Å². The zero-order chi connectivity index (χ0) is 47.9. The zero-order valence-electron chi connectivity index (χ0n) is 44.6. The Kier molecular flexibility index (Phi) is 55.9. The van der Waals surface area contributed by atoms with Gasteiger partial charge in [0, 0.05) is 32.7 Å². The first-order valence-corrected chi connectivity index (χ1v) is 28.8. The standard InChI is InChI=1S/C57H116N4O5/c1-4-7-9-11-13-15-17-19-21-23-25-27-29-31-33-35-40-59(43-37-42-58(39-6-3)46-51-62)49-54-65-56-57-66-55-50-60(44-38-45-61(47-52-63)48-53-64)41-36-34-32-30-28-26-24-22-20-18-16-14-12-10-8-5-2/h19-22,62-64H,4-18,23-57H2,1-3H3/b21-19?,22-20-. The Morgan fingerprint density at radius 3 is 0.848 bits per heavy atom. The largest absolute Gasteiger partial charge is 0.395 e. The number of nitrogens with zero attached hydrogens (tertiary/aromatic N) is 4. The predicted molar refractivity (Wildman–Crippen MR) is 287 cm³/mol. The Bertz CT molecular complexity index is 872. The van der Waals surface area contributed by atoms with Gasteiger partial charge in [0.1, 0.15) is 0 Å². The van der Waals surface area contributed by atoms with Crippen molar-refractivity contribution in [2.45, 2.75) is 220 Å². The number of hydrogen-bond acceptors (Lipinski definition) is 9. The third-order valence-electron chi connectivity index (χ3n) is 13.1. The van der Waals surface area contributed by atoms with Crippen molar-refractivity contribution in [1.82, 2.24) is 19.6 Å². The van der Waals surface area contributed by atoms with Gasteiger partial charge in [0.25, 0.3) is 0 Å². The molecule has 0 unspecified atom stereocenters. The Hall–Kier alpha value is -0.880. The van der Waals surface area contributed by atoms with Crippen LogP contribution in [0.25, 0.3) is 0 Å². The van der Waals surface area contributed by atoms with Crippen LogP contribution in [0.3, 0.4) is 0 Å². The molecule has 0 aromatic carbocycles. The second kappa shape index (κ2) is 56.7. The molecular weight excluding hydrogens is 821 g/mol. The molecule has 0 bridgehead atoms. The van der Waals surface area contributed by atoms with Gasteiger partial charge in [-0.1, -0.05) is 161 Å². The van der Waals surface area contributed by atoms with E-state index < -0.39 is 0 Å². The van der Waals surface area contributed by atoms with Crippen molar-refractivity contribution in [2.24, 2.45) is 0 Å². The van der Waals surface area contributed by atoms with E-state index in [4.69, 9.17) is 9.47 Å². The van der Waals surface area contributed by atoms with Gasteiger partial charge in [0.15, 0.2) is 0 Å². The third-order valence-corrected chi connectivity index (χ3v) is 13.1. The van der Waals surface area contributed by atoms with E-state index in [0.29, 0.717) is 26.3 Å². The summed E-state index contributed by atoms with van der Waals surface area (Å²) in [5.41, 5.74) is 0. The van der Waals surface area contributed by atoms with Crippen LogP contribution >= 0.6 is 0 Å². The molecule has 66 heavy (non-hydrogen) atoms. The number of allylic oxidation sites excluding steroid dienone is 4. The van der Waals surface area contributed by atoms with E-state index in [2.05, 4.69) is 64.7 Å². The Morgan fingerprint density at radius 2 is 0.530 bits per heavy atom. The Balaban J connectivity index is 4.51. The van der Waals surface area contributed by atoms with Gasteiger partial charge in [0.05, 0.1) is 46.2 Å². The second-order valence-corrected chi connectivity index (χ2v) is 19.3. The van der Waals surface area contributed by atoms with Crippen molar-refractivity contribution in [2.75, 3.05) is 125 Å². The van der Waals surface area contributed by atoms with E-state index in [9.17, 15) is 15.3 Å². The van der Waals surface area contributed by atoms with Crippen molar-refractivity contribution in [1.29, 1.82) is 0 Å². The summed E-state index contributed by atoms with van der Waals surface area (Å²) in [6.07, 6.45) is 50.3. The van der Waals surface area contributed by atoms with E-state index >= 15 is 0 Å². The topological polar surface area (TPSA) is 92.1 Å². The van der Waals surface area contributed by atoms with Gasteiger partial charge >= 0.3 is 0 Å². The number of unbranched alkanes of at least 4 members (excludes halogenated alkanes) is 24. The highest BCUT2D eigenvalue weighted by Crippen LogP contribution is 2.13. The van der Waals surface area contributed by atoms with Crippen LogP contribution in [0.2, 0.25) is 0 Å². The number of rotatable bonds is 57. The van der Waals surface area contributed by atoms with Gasteiger partial charge < -0.3 is 39.5 Å². The molecule has 9 nitrogen and oxygen atoms in total. The van der Waals surface area contributed by atoms with Crippen molar-refractivity contribution < 1.29 is 24.8 Å². The number of aliphatic hydroxyl groups is 3.